The van der Waals surface area contributed by atoms with Crippen LogP contribution in [0, 0.1) is 17.3 Å². The highest BCUT2D eigenvalue weighted by Crippen LogP contribution is 2.09. The smallest absolute Gasteiger partial charge is 0.108 e. The number of hydrogen-bond acceptors (Lipinski definition) is 3. The Morgan fingerprint density at radius 1 is 1.00 bits per heavy atom. The second kappa shape index (κ2) is 8.58. The van der Waals surface area contributed by atoms with Crippen molar-refractivity contribution < 1.29 is 14.2 Å². The average Bonchev–Trinajstić information content (AvgIpc) is 2.21. The van der Waals surface area contributed by atoms with Gasteiger partial charge in [0.25, 0.3) is 0 Å². The third kappa shape index (κ3) is 15.4. The minimum absolute atomic E-state index is 0.0351. The quantitative estimate of drug-likeness (QED) is 0.525. The Bertz CT molecular complexity index is 286. The lowest BCUT2D eigenvalue weighted by Crippen LogP contribution is -2.23. The topological polar surface area (TPSA) is 27.7 Å². The van der Waals surface area contributed by atoms with Crippen molar-refractivity contribution in [3.63, 3.8) is 0 Å². The van der Waals surface area contributed by atoms with E-state index in [9.17, 15) is 0 Å². The molecule has 0 aromatic heterocycles. The van der Waals surface area contributed by atoms with Gasteiger partial charge in [0.2, 0.25) is 0 Å². The van der Waals surface area contributed by atoms with E-state index in [-0.39, 0.29) is 17.1 Å². The molecule has 1 unspecified atom stereocenters. The second-order valence-electron chi connectivity index (χ2n) is 6.71. The highest BCUT2D eigenvalue weighted by Gasteiger charge is 2.09. The van der Waals surface area contributed by atoms with Gasteiger partial charge in [-0.2, -0.15) is 0 Å². The van der Waals surface area contributed by atoms with Crippen molar-refractivity contribution in [1.29, 1.82) is 0 Å². The van der Waals surface area contributed by atoms with Gasteiger partial charge in [-0.25, -0.2) is 0 Å². The molecule has 0 rings (SSSR count). The summed E-state index contributed by atoms with van der Waals surface area (Å²) in [6.07, 6.45) is 0.0592. The summed E-state index contributed by atoms with van der Waals surface area (Å²) in [6.45, 7) is 16.6. The van der Waals surface area contributed by atoms with Gasteiger partial charge in [-0.05, 0) is 48.5 Å². The van der Waals surface area contributed by atoms with Gasteiger partial charge in [-0.15, -0.1) is 0 Å². The summed E-state index contributed by atoms with van der Waals surface area (Å²) in [4.78, 5) is 0. The fraction of sp³-hybridized carbons (Fsp3) is 0.875. The zero-order chi connectivity index (χ0) is 14.9. The summed E-state index contributed by atoms with van der Waals surface area (Å²) in [5.41, 5.74) is -0.0680. The Hall–Kier alpha value is -0.560. The van der Waals surface area contributed by atoms with E-state index in [1.165, 1.54) is 0 Å². The first-order valence-electron chi connectivity index (χ1n) is 6.93. The zero-order valence-corrected chi connectivity index (χ0v) is 13.6. The van der Waals surface area contributed by atoms with Crippen LogP contribution in [0.1, 0.15) is 48.5 Å². The number of hydrogen-bond donors (Lipinski definition) is 0. The predicted molar refractivity (Wildman–Crippen MR) is 79.2 cm³/mol. The first kappa shape index (κ1) is 18.4. The molecule has 0 saturated carbocycles. The molecular formula is C16H30O3. The molecular weight excluding hydrogens is 240 g/mol. The molecule has 112 valence electrons. The van der Waals surface area contributed by atoms with Crippen LogP contribution in [0.3, 0.4) is 0 Å². The molecule has 1 atom stereocenters. The number of rotatable bonds is 7. The maximum absolute atomic E-state index is 5.56. The molecule has 0 amide bonds. The van der Waals surface area contributed by atoms with Crippen molar-refractivity contribution in [1.82, 2.24) is 0 Å². The van der Waals surface area contributed by atoms with E-state index in [2.05, 4.69) is 32.6 Å². The first-order chi connectivity index (χ1) is 8.60. The zero-order valence-electron chi connectivity index (χ0n) is 13.6. The van der Waals surface area contributed by atoms with E-state index in [0.717, 1.165) is 0 Å². The number of ether oxygens (including phenoxy) is 3. The fourth-order valence-electron chi connectivity index (χ4n) is 1.19. The van der Waals surface area contributed by atoms with Gasteiger partial charge < -0.3 is 14.2 Å². The summed E-state index contributed by atoms with van der Waals surface area (Å²) in [5.74, 6) is 6.16. The third-order valence-corrected chi connectivity index (χ3v) is 2.02. The molecule has 0 saturated heterocycles. The first-order valence-corrected chi connectivity index (χ1v) is 6.93. The monoisotopic (exact) mass is 270 g/mol. The van der Waals surface area contributed by atoms with E-state index in [0.29, 0.717) is 26.4 Å². The summed E-state index contributed by atoms with van der Waals surface area (Å²) in [5, 5.41) is 0. The normalized spacial score (nSPS) is 13.8. The molecule has 0 N–H and O–H groups in total. The maximum atomic E-state index is 5.56. The van der Waals surface area contributed by atoms with Crippen molar-refractivity contribution in [2.75, 3.05) is 26.4 Å². The molecule has 0 heterocycles. The summed E-state index contributed by atoms with van der Waals surface area (Å²) < 4.78 is 16.6. The van der Waals surface area contributed by atoms with Gasteiger partial charge in [0.1, 0.15) is 6.61 Å². The van der Waals surface area contributed by atoms with Gasteiger partial charge in [0.15, 0.2) is 0 Å². The molecule has 0 fully saturated rings. The van der Waals surface area contributed by atoms with Gasteiger partial charge in [0, 0.05) is 5.41 Å². The van der Waals surface area contributed by atoms with Crippen LogP contribution in [-0.4, -0.2) is 38.1 Å². The van der Waals surface area contributed by atoms with Crippen molar-refractivity contribution in [3.8, 4) is 11.8 Å². The highest BCUT2D eigenvalue weighted by atomic mass is 16.6. The molecule has 0 spiro atoms. The van der Waals surface area contributed by atoms with E-state index in [1.807, 2.05) is 27.7 Å². The van der Waals surface area contributed by atoms with Crippen molar-refractivity contribution >= 4 is 0 Å². The van der Waals surface area contributed by atoms with Crippen molar-refractivity contribution in [3.05, 3.63) is 0 Å². The minimum Gasteiger partial charge on any atom is -0.376 e. The highest BCUT2D eigenvalue weighted by molar-refractivity contribution is 5.07. The Morgan fingerprint density at radius 3 is 2.16 bits per heavy atom. The van der Waals surface area contributed by atoms with Crippen LogP contribution in [-0.2, 0) is 14.2 Å². The Balaban J connectivity index is 3.55. The second-order valence-corrected chi connectivity index (χ2v) is 6.71. The van der Waals surface area contributed by atoms with Gasteiger partial charge in [-0.3, -0.25) is 0 Å². The van der Waals surface area contributed by atoms with Crippen molar-refractivity contribution in [2.24, 2.45) is 5.41 Å². The van der Waals surface area contributed by atoms with Crippen LogP contribution < -0.4 is 0 Å². The molecule has 0 radical (unpaired) electrons. The van der Waals surface area contributed by atoms with Gasteiger partial charge in [-0.1, -0.05) is 11.8 Å². The SMILES string of the molecule is CC(COCCOC(C)(C)C)OCC#CC(C)(C)C. The molecule has 0 aliphatic rings. The molecule has 0 aliphatic carbocycles. The molecule has 3 nitrogen and oxygen atoms in total. The maximum Gasteiger partial charge on any atom is 0.108 e. The van der Waals surface area contributed by atoms with E-state index in [4.69, 9.17) is 14.2 Å². The summed E-state index contributed by atoms with van der Waals surface area (Å²) in [6, 6.07) is 0. The van der Waals surface area contributed by atoms with E-state index >= 15 is 0 Å². The molecule has 0 bridgehead atoms. The predicted octanol–water partition coefficient (Wildman–Crippen LogP) is 3.27. The minimum atomic E-state index is -0.103. The molecule has 0 aliphatic heterocycles. The van der Waals surface area contributed by atoms with E-state index < -0.39 is 0 Å². The van der Waals surface area contributed by atoms with Crippen LogP contribution in [0.15, 0.2) is 0 Å². The standard InChI is InChI=1S/C16H30O3/c1-14(18-10-8-9-15(2,3)4)13-17-11-12-19-16(5,6)7/h14H,10-13H2,1-7H3. The van der Waals surface area contributed by atoms with Crippen LogP contribution in [0.4, 0.5) is 0 Å². The lowest BCUT2D eigenvalue weighted by atomic mass is 9.98. The van der Waals surface area contributed by atoms with Gasteiger partial charge in [0.05, 0.1) is 31.5 Å². The van der Waals surface area contributed by atoms with Crippen LogP contribution in [0.5, 0.6) is 0 Å². The van der Waals surface area contributed by atoms with Crippen LogP contribution in [0.2, 0.25) is 0 Å². The van der Waals surface area contributed by atoms with Crippen LogP contribution >= 0.6 is 0 Å². The van der Waals surface area contributed by atoms with Crippen LogP contribution in [0.25, 0.3) is 0 Å². The van der Waals surface area contributed by atoms with Crippen molar-refractivity contribution in [2.45, 2.75) is 60.2 Å². The Morgan fingerprint density at radius 2 is 1.63 bits per heavy atom. The average molecular weight is 270 g/mol. The summed E-state index contributed by atoms with van der Waals surface area (Å²) in [7, 11) is 0. The Labute approximate surface area is 119 Å². The third-order valence-electron chi connectivity index (χ3n) is 2.02. The van der Waals surface area contributed by atoms with E-state index in [1.54, 1.807) is 0 Å². The Kier molecular flexibility index (Phi) is 8.33. The molecule has 0 aromatic carbocycles. The largest absolute Gasteiger partial charge is 0.376 e. The lowest BCUT2D eigenvalue weighted by molar-refractivity contribution is -0.0527. The van der Waals surface area contributed by atoms with Gasteiger partial charge >= 0.3 is 0 Å². The lowest BCUT2D eigenvalue weighted by Gasteiger charge is -2.19. The fourth-order valence-corrected chi connectivity index (χ4v) is 1.19. The summed E-state index contributed by atoms with van der Waals surface area (Å²) >= 11 is 0. The molecule has 3 heteroatoms. The molecule has 0 aromatic rings. The molecule has 19 heavy (non-hydrogen) atoms.